The molecule has 29 heavy (non-hydrogen) atoms. The van der Waals surface area contributed by atoms with E-state index in [2.05, 4.69) is 27.2 Å². The number of amides is 2. The first-order chi connectivity index (χ1) is 14.0. The monoisotopic (exact) mass is 415 g/mol. The van der Waals surface area contributed by atoms with Gasteiger partial charge in [0.2, 0.25) is 5.91 Å². The fourth-order valence-electron chi connectivity index (χ4n) is 4.11. The highest BCUT2D eigenvalue weighted by Crippen LogP contribution is 2.34. The van der Waals surface area contributed by atoms with Gasteiger partial charge in [-0.25, -0.2) is 0 Å². The Bertz CT molecular complexity index is 846. The summed E-state index contributed by atoms with van der Waals surface area (Å²) in [6.07, 6.45) is 5.70. The fourth-order valence-corrected chi connectivity index (χ4v) is 5.26. The zero-order valence-electron chi connectivity index (χ0n) is 17.9. The Morgan fingerprint density at radius 2 is 2.00 bits per heavy atom. The first-order valence-electron chi connectivity index (χ1n) is 10.7. The average Bonchev–Trinajstić information content (AvgIpc) is 2.90. The summed E-state index contributed by atoms with van der Waals surface area (Å²) in [7, 11) is 4.00. The number of likely N-dealkylation sites (tertiary alicyclic amines) is 1. The summed E-state index contributed by atoms with van der Waals surface area (Å²) < 4.78 is 1.14. The van der Waals surface area contributed by atoms with Crippen LogP contribution < -0.4 is 5.32 Å². The zero-order valence-corrected chi connectivity index (χ0v) is 18.7. The molecule has 0 radical (unpaired) electrons. The van der Waals surface area contributed by atoms with E-state index in [9.17, 15) is 9.59 Å². The number of thiophene rings is 1. The van der Waals surface area contributed by atoms with Gasteiger partial charge in [0, 0.05) is 36.8 Å². The molecule has 2 heterocycles. The number of nitrogens with zero attached hydrogens (tertiary/aromatic N) is 2. The van der Waals surface area contributed by atoms with Crippen LogP contribution in [0.5, 0.6) is 0 Å². The standard InChI is InChI=1S/C23H33N3O2S/c1-4-21(27)26-14-9-5-6-10-17(26)16-19-18-11-7-8-12-20(18)29-22(19)23(28)24-13-15-25(2)3/h7-8,11-12,17H,4-6,9-10,13-16H2,1-3H3,(H,24,28)/t17-/m1/s1. The van der Waals surface area contributed by atoms with Crippen LogP contribution in [0, 0.1) is 0 Å². The second-order valence-electron chi connectivity index (χ2n) is 8.11. The molecule has 2 amide bonds. The zero-order chi connectivity index (χ0) is 20.8. The van der Waals surface area contributed by atoms with Crippen molar-refractivity contribution in [3.8, 4) is 0 Å². The van der Waals surface area contributed by atoms with Gasteiger partial charge in [0.25, 0.3) is 5.91 Å². The van der Waals surface area contributed by atoms with Crippen LogP contribution >= 0.6 is 11.3 Å². The van der Waals surface area contributed by atoms with Gasteiger partial charge in [0.1, 0.15) is 0 Å². The molecule has 1 aromatic heterocycles. The van der Waals surface area contributed by atoms with Gasteiger partial charge in [-0.3, -0.25) is 9.59 Å². The van der Waals surface area contributed by atoms with Crippen LogP contribution in [-0.2, 0) is 11.2 Å². The van der Waals surface area contributed by atoms with Crippen molar-refractivity contribution in [1.29, 1.82) is 0 Å². The molecule has 1 fully saturated rings. The first kappa shape index (κ1) is 21.8. The number of nitrogens with one attached hydrogen (secondary N) is 1. The van der Waals surface area contributed by atoms with Gasteiger partial charge >= 0.3 is 0 Å². The van der Waals surface area contributed by atoms with E-state index >= 15 is 0 Å². The Balaban J connectivity index is 1.90. The van der Waals surface area contributed by atoms with E-state index in [4.69, 9.17) is 0 Å². The van der Waals surface area contributed by atoms with Crippen molar-refractivity contribution in [1.82, 2.24) is 15.1 Å². The molecule has 1 atom stereocenters. The Kier molecular flexibility index (Phi) is 7.67. The third-order valence-electron chi connectivity index (χ3n) is 5.69. The lowest BCUT2D eigenvalue weighted by Gasteiger charge is -2.30. The molecule has 5 nitrogen and oxygen atoms in total. The van der Waals surface area contributed by atoms with Crippen molar-refractivity contribution in [2.45, 2.75) is 51.5 Å². The van der Waals surface area contributed by atoms with Crippen LogP contribution in [0.25, 0.3) is 10.1 Å². The van der Waals surface area contributed by atoms with E-state index in [-0.39, 0.29) is 17.9 Å². The maximum Gasteiger partial charge on any atom is 0.261 e. The molecule has 0 bridgehead atoms. The fraction of sp³-hybridized carbons (Fsp3) is 0.565. The number of rotatable bonds is 7. The van der Waals surface area contributed by atoms with E-state index in [0.29, 0.717) is 13.0 Å². The molecule has 0 unspecified atom stereocenters. The van der Waals surface area contributed by atoms with Crippen molar-refractivity contribution in [2.75, 3.05) is 33.7 Å². The molecule has 6 heteroatoms. The van der Waals surface area contributed by atoms with Crippen molar-refractivity contribution in [3.63, 3.8) is 0 Å². The number of benzene rings is 1. The van der Waals surface area contributed by atoms with E-state index in [1.165, 1.54) is 6.42 Å². The van der Waals surface area contributed by atoms with Crippen molar-refractivity contribution >= 4 is 33.2 Å². The lowest BCUT2D eigenvalue weighted by Crippen LogP contribution is -2.41. The molecular weight excluding hydrogens is 382 g/mol. The number of carbonyl (C=O) groups excluding carboxylic acids is 2. The van der Waals surface area contributed by atoms with Crippen LogP contribution in [0.4, 0.5) is 0 Å². The third-order valence-corrected chi connectivity index (χ3v) is 6.90. The van der Waals surface area contributed by atoms with Gasteiger partial charge in [-0.1, -0.05) is 38.0 Å². The summed E-state index contributed by atoms with van der Waals surface area (Å²) in [6.45, 7) is 4.22. The second-order valence-corrected chi connectivity index (χ2v) is 9.17. The van der Waals surface area contributed by atoms with Gasteiger partial charge in [0.15, 0.2) is 0 Å². The number of hydrogen-bond donors (Lipinski definition) is 1. The minimum absolute atomic E-state index is 0.00467. The van der Waals surface area contributed by atoms with Gasteiger partial charge in [-0.2, -0.15) is 0 Å². The smallest absolute Gasteiger partial charge is 0.261 e. The Labute approximate surface area is 178 Å². The van der Waals surface area contributed by atoms with Crippen LogP contribution in [0.1, 0.15) is 54.3 Å². The highest BCUT2D eigenvalue weighted by atomic mass is 32.1. The highest BCUT2D eigenvalue weighted by Gasteiger charge is 2.28. The summed E-state index contributed by atoms with van der Waals surface area (Å²) in [6, 6.07) is 8.43. The Morgan fingerprint density at radius 3 is 2.76 bits per heavy atom. The molecular formula is C23H33N3O2S. The van der Waals surface area contributed by atoms with Gasteiger partial charge < -0.3 is 15.1 Å². The Morgan fingerprint density at radius 1 is 1.21 bits per heavy atom. The maximum absolute atomic E-state index is 13.0. The summed E-state index contributed by atoms with van der Waals surface area (Å²) in [5.41, 5.74) is 1.11. The largest absolute Gasteiger partial charge is 0.350 e. The van der Waals surface area contributed by atoms with Gasteiger partial charge in [0.05, 0.1) is 4.88 Å². The minimum Gasteiger partial charge on any atom is -0.350 e. The van der Waals surface area contributed by atoms with E-state index in [1.54, 1.807) is 11.3 Å². The van der Waals surface area contributed by atoms with Gasteiger partial charge in [-0.05, 0) is 50.4 Å². The highest BCUT2D eigenvalue weighted by molar-refractivity contribution is 7.21. The first-order valence-corrected chi connectivity index (χ1v) is 11.6. The molecule has 0 saturated carbocycles. The summed E-state index contributed by atoms with van der Waals surface area (Å²) >= 11 is 1.57. The lowest BCUT2D eigenvalue weighted by atomic mass is 9.97. The molecule has 1 aromatic carbocycles. The molecule has 0 aliphatic carbocycles. The van der Waals surface area contributed by atoms with Crippen LogP contribution in [0.15, 0.2) is 24.3 Å². The number of fused-ring (bicyclic) bond motifs is 1. The summed E-state index contributed by atoms with van der Waals surface area (Å²) in [5, 5.41) is 4.23. The lowest BCUT2D eigenvalue weighted by molar-refractivity contribution is -0.133. The molecule has 2 aromatic rings. The molecule has 1 saturated heterocycles. The Hall–Kier alpha value is -1.92. The van der Waals surface area contributed by atoms with E-state index < -0.39 is 0 Å². The van der Waals surface area contributed by atoms with Crippen molar-refractivity contribution in [3.05, 3.63) is 34.7 Å². The topological polar surface area (TPSA) is 52.7 Å². The van der Waals surface area contributed by atoms with E-state index in [1.807, 2.05) is 33.2 Å². The molecule has 1 aliphatic heterocycles. The van der Waals surface area contributed by atoms with Crippen molar-refractivity contribution in [2.24, 2.45) is 0 Å². The van der Waals surface area contributed by atoms with Gasteiger partial charge in [-0.15, -0.1) is 11.3 Å². The molecule has 158 valence electrons. The minimum atomic E-state index is 0.00467. The molecule has 0 spiro atoms. The quantitative estimate of drug-likeness (QED) is 0.746. The van der Waals surface area contributed by atoms with Crippen LogP contribution in [-0.4, -0.2) is 61.4 Å². The number of carbonyl (C=O) groups is 2. The summed E-state index contributed by atoms with van der Waals surface area (Å²) in [5.74, 6) is 0.235. The molecule has 1 aliphatic rings. The van der Waals surface area contributed by atoms with Crippen LogP contribution in [0.3, 0.4) is 0 Å². The van der Waals surface area contributed by atoms with E-state index in [0.717, 1.165) is 59.3 Å². The second kappa shape index (κ2) is 10.2. The molecule has 3 rings (SSSR count). The third kappa shape index (κ3) is 5.37. The van der Waals surface area contributed by atoms with Crippen molar-refractivity contribution < 1.29 is 9.59 Å². The maximum atomic E-state index is 13.0. The average molecular weight is 416 g/mol. The molecule has 1 N–H and O–H groups in total. The van der Waals surface area contributed by atoms with Crippen LogP contribution in [0.2, 0.25) is 0 Å². The number of likely N-dealkylation sites (N-methyl/N-ethyl adjacent to an activating group) is 1. The normalized spacial score (nSPS) is 17.5. The predicted octanol–water partition coefficient (Wildman–Crippen LogP) is 3.92. The number of hydrogen-bond acceptors (Lipinski definition) is 4. The predicted molar refractivity (Wildman–Crippen MR) is 121 cm³/mol. The SMILES string of the molecule is CCC(=O)N1CCCCC[C@@H]1Cc1c(C(=O)NCCN(C)C)sc2ccccc12. The summed E-state index contributed by atoms with van der Waals surface area (Å²) in [4.78, 5) is 30.5.